The molecule has 1 saturated heterocycles. The van der Waals surface area contributed by atoms with Crippen LogP contribution >= 0.6 is 0 Å². The molecule has 0 aromatic carbocycles. The van der Waals surface area contributed by atoms with Gasteiger partial charge in [-0.1, -0.05) is 19.3 Å². The molecule has 3 nitrogen and oxygen atoms in total. The van der Waals surface area contributed by atoms with E-state index in [0.29, 0.717) is 12.1 Å². The third-order valence-corrected chi connectivity index (χ3v) is 3.86. The topological polar surface area (TPSA) is 38.5 Å². The fraction of sp³-hybridized carbons (Fsp3) is 1.00. The van der Waals surface area contributed by atoms with Crippen molar-refractivity contribution in [3.63, 3.8) is 0 Å². The normalized spacial score (nSPS) is 29.4. The number of hydrogen-bond acceptors (Lipinski definition) is 3. The summed E-state index contributed by atoms with van der Waals surface area (Å²) in [4.78, 5) is 2.46. The zero-order chi connectivity index (χ0) is 11.2. The average molecular weight is 226 g/mol. The largest absolute Gasteiger partial charge is 0.377 e. The van der Waals surface area contributed by atoms with Gasteiger partial charge in [-0.2, -0.15) is 0 Å². The molecule has 0 amide bonds. The Bertz CT molecular complexity index is 192. The van der Waals surface area contributed by atoms with Crippen molar-refractivity contribution in [2.24, 2.45) is 5.73 Å². The smallest absolute Gasteiger partial charge is 0.0597 e. The number of ether oxygens (including phenoxy) is 1. The molecule has 16 heavy (non-hydrogen) atoms. The van der Waals surface area contributed by atoms with Gasteiger partial charge in [0.25, 0.3) is 0 Å². The van der Waals surface area contributed by atoms with E-state index in [1.165, 1.54) is 51.5 Å². The van der Waals surface area contributed by atoms with Gasteiger partial charge in [0.15, 0.2) is 0 Å². The predicted octanol–water partition coefficient (Wildman–Crippen LogP) is 1.76. The number of likely N-dealkylation sites (tertiary alicyclic amines) is 1. The Kier molecular flexibility index (Phi) is 5.07. The fourth-order valence-corrected chi connectivity index (χ4v) is 2.87. The van der Waals surface area contributed by atoms with E-state index in [1.807, 2.05) is 0 Å². The van der Waals surface area contributed by atoms with E-state index in [0.717, 1.165) is 19.7 Å². The van der Waals surface area contributed by atoms with Crippen LogP contribution < -0.4 is 5.73 Å². The molecule has 94 valence electrons. The van der Waals surface area contributed by atoms with Crippen LogP contribution in [0.15, 0.2) is 0 Å². The van der Waals surface area contributed by atoms with Crippen LogP contribution in [0.2, 0.25) is 0 Å². The third-order valence-electron chi connectivity index (χ3n) is 3.86. The van der Waals surface area contributed by atoms with E-state index in [2.05, 4.69) is 4.90 Å². The van der Waals surface area contributed by atoms with Gasteiger partial charge in [0.2, 0.25) is 0 Å². The second-order valence-electron chi connectivity index (χ2n) is 5.33. The summed E-state index contributed by atoms with van der Waals surface area (Å²) in [6, 6.07) is 0.392. The summed E-state index contributed by atoms with van der Waals surface area (Å²) in [6.07, 6.45) is 9.68. The van der Waals surface area contributed by atoms with Crippen molar-refractivity contribution >= 4 is 0 Å². The van der Waals surface area contributed by atoms with Crippen LogP contribution in [0.5, 0.6) is 0 Å². The molecule has 1 atom stereocenters. The van der Waals surface area contributed by atoms with E-state index in [4.69, 9.17) is 10.5 Å². The zero-order valence-corrected chi connectivity index (χ0v) is 10.4. The van der Waals surface area contributed by atoms with Crippen molar-refractivity contribution in [3.8, 4) is 0 Å². The van der Waals surface area contributed by atoms with Crippen molar-refractivity contribution in [2.45, 2.75) is 57.1 Å². The van der Waals surface area contributed by atoms with Gasteiger partial charge in [-0.3, -0.25) is 4.90 Å². The number of piperidine rings is 1. The summed E-state index contributed by atoms with van der Waals surface area (Å²) in [5.74, 6) is 0. The van der Waals surface area contributed by atoms with Gasteiger partial charge < -0.3 is 10.5 Å². The summed E-state index contributed by atoms with van der Waals surface area (Å²) in [7, 11) is 0. The molecule has 0 aromatic rings. The Morgan fingerprint density at radius 3 is 2.62 bits per heavy atom. The maximum atomic E-state index is 5.96. The first-order valence-electron chi connectivity index (χ1n) is 6.94. The van der Waals surface area contributed by atoms with Crippen molar-refractivity contribution in [2.75, 3.05) is 26.2 Å². The quantitative estimate of drug-likeness (QED) is 0.794. The van der Waals surface area contributed by atoms with Gasteiger partial charge in [0, 0.05) is 19.1 Å². The highest BCUT2D eigenvalue weighted by atomic mass is 16.5. The first-order chi connectivity index (χ1) is 7.84. The fourth-order valence-electron chi connectivity index (χ4n) is 2.87. The lowest BCUT2D eigenvalue weighted by atomic mass is 9.98. The van der Waals surface area contributed by atoms with Gasteiger partial charge in [-0.25, -0.2) is 0 Å². The Morgan fingerprint density at radius 1 is 1.06 bits per heavy atom. The van der Waals surface area contributed by atoms with E-state index >= 15 is 0 Å². The summed E-state index contributed by atoms with van der Waals surface area (Å²) < 4.78 is 5.94. The molecule has 1 heterocycles. The number of hydrogen-bond donors (Lipinski definition) is 1. The first kappa shape index (κ1) is 12.3. The predicted molar refractivity (Wildman–Crippen MR) is 66.5 cm³/mol. The minimum absolute atomic E-state index is 0.392. The highest BCUT2D eigenvalue weighted by molar-refractivity contribution is 4.75. The molecular formula is C13H26N2O. The Hall–Kier alpha value is -0.120. The van der Waals surface area contributed by atoms with Gasteiger partial charge in [0.1, 0.15) is 0 Å². The molecule has 3 heteroatoms. The number of rotatable bonds is 4. The molecule has 1 saturated carbocycles. The van der Waals surface area contributed by atoms with Crippen molar-refractivity contribution in [3.05, 3.63) is 0 Å². The van der Waals surface area contributed by atoms with Gasteiger partial charge in [0.05, 0.1) is 12.7 Å². The second kappa shape index (κ2) is 6.58. The van der Waals surface area contributed by atoms with Crippen LogP contribution in [-0.4, -0.2) is 43.3 Å². The highest BCUT2D eigenvalue weighted by Gasteiger charge is 2.17. The average Bonchev–Trinajstić information content (AvgIpc) is 2.30. The number of nitrogens with two attached hydrogens (primary N) is 1. The molecule has 2 fully saturated rings. The Balaban J connectivity index is 1.56. The maximum Gasteiger partial charge on any atom is 0.0597 e. The Morgan fingerprint density at radius 2 is 1.88 bits per heavy atom. The van der Waals surface area contributed by atoms with Crippen LogP contribution in [0.3, 0.4) is 0 Å². The molecule has 0 bridgehead atoms. The maximum absolute atomic E-state index is 5.96. The zero-order valence-electron chi connectivity index (χ0n) is 10.4. The van der Waals surface area contributed by atoms with Crippen molar-refractivity contribution < 1.29 is 4.74 Å². The van der Waals surface area contributed by atoms with Crippen LogP contribution in [0.1, 0.15) is 44.9 Å². The van der Waals surface area contributed by atoms with Crippen molar-refractivity contribution in [1.29, 1.82) is 0 Å². The summed E-state index contributed by atoms with van der Waals surface area (Å²) in [6.45, 7) is 4.25. The molecule has 0 aromatic heterocycles. The van der Waals surface area contributed by atoms with Crippen molar-refractivity contribution in [1.82, 2.24) is 4.90 Å². The van der Waals surface area contributed by atoms with E-state index in [-0.39, 0.29) is 0 Å². The van der Waals surface area contributed by atoms with Gasteiger partial charge >= 0.3 is 0 Å². The van der Waals surface area contributed by atoms with E-state index in [9.17, 15) is 0 Å². The van der Waals surface area contributed by atoms with Crippen LogP contribution in [0.25, 0.3) is 0 Å². The van der Waals surface area contributed by atoms with Crippen LogP contribution in [0, 0.1) is 0 Å². The van der Waals surface area contributed by atoms with Crippen LogP contribution in [0.4, 0.5) is 0 Å². The molecule has 0 radical (unpaired) electrons. The highest BCUT2D eigenvalue weighted by Crippen LogP contribution is 2.20. The second-order valence-corrected chi connectivity index (χ2v) is 5.33. The molecule has 2 aliphatic rings. The van der Waals surface area contributed by atoms with Gasteiger partial charge in [-0.05, 0) is 32.2 Å². The van der Waals surface area contributed by atoms with E-state index < -0.39 is 0 Å². The molecule has 1 aliphatic heterocycles. The van der Waals surface area contributed by atoms with E-state index in [1.54, 1.807) is 0 Å². The lowest BCUT2D eigenvalue weighted by molar-refractivity contribution is 0.0131. The minimum Gasteiger partial charge on any atom is -0.377 e. The lowest BCUT2D eigenvalue weighted by Gasteiger charge is -2.31. The molecular weight excluding hydrogens is 200 g/mol. The molecule has 2 rings (SSSR count). The van der Waals surface area contributed by atoms with Crippen LogP contribution in [-0.2, 0) is 4.74 Å². The minimum atomic E-state index is 0.392. The Labute approximate surface area is 99.3 Å². The first-order valence-corrected chi connectivity index (χ1v) is 6.94. The summed E-state index contributed by atoms with van der Waals surface area (Å²) in [5, 5.41) is 0. The molecule has 1 aliphatic carbocycles. The van der Waals surface area contributed by atoms with Gasteiger partial charge in [-0.15, -0.1) is 0 Å². The third kappa shape index (κ3) is 4.04. The standard InChI is InChI=1S/C13H26N2O/c14-12-5-4-8-15(11-12)9-10-16-13-6-2-1-3-7-13/h12-13H,1-11,14H2. The summed E-state index contributed by atoms with van der Waals surface area (Å²) >= 11 is 0. The SMILES string of the molecule is NC1CCCN(CCOC2CCCCC2)C1. The monoisotopic (exact) mass is 226 g/mol. The lowest BCUT2D eigenvalue weighted by Crippen LogP contribution is -2.44. The molecule has 1 unspecified atom stereocenters. The molecule has 0 spiro atoms. The summed E-state index contributed by atoms with van der Waals surface area (Å²) in [5.41, 5.74) is 5.96. The molecule has 2 N–H and O–H groups in total. The number of nitrogens with zero attached hydrogens (tertiary/aromatic N) is 1.